The average Bonchev–Trinajstić information content (AvgIpc) is 0.919. The number of amides is 4. The molecule has 0 saturated heterocycles. The number of nitro benzene ring substituents is 1. The van der Waals surface area contributed by atoms with Gasteiger partial charge < -0.3 is 30.7 Å². The summed E-state index contributed by atoms with van der Waals surface area (Å²) in [5.41, 5.74) is -11.0. The second-order valence-corrected chi connectivity index (χ2v) is 19.2. The summed E-state index contributed by atoms with van der Waals surface area (Å²) in [4.78, 5) is 75.1. The number of carbonyl (C=O) groups excluding carboxylic acids is 4. The third-order valence-corrected chi connectivity index (χ3v) is 13.0. The molecule has 0 radical (unpaired) electrons. The van der Waals surface area contributed by atoms with Crippen LogP contribution in [0.15, 0.2) is 152 Å². The number of hydrogen-bond acceptors (Lipinski definition) is 10. The topological polar surface area (TPSA) is 204 Å². The van der Waals surface area contributed by atoms with Crippen LogP contribution in [0.2, 0.25) is 0 Å². The lowest BCUT2D eigenvalue weighted by Gasteiger charge is -2.22. The number of halogens is 12. The fourth-order valence-corrected chi connectivity index (χ4v) is 9.11. The Kier molecular flexibility index (Phi) is 16.2. The van der Waals surface area contributed by atoms with Gasteiger partial charge in [-0.3, -0.25) is 29.3 Å². The van der Waals surface area contributed by atoms with Crippen molar-refractivity contribution in [2.24, 2.45) is 0 Å². The number of rotatable bonds is 1. The maximum absolute atomic E-state index is 14.2. The first-order valence-electron chi connectivity index (χ1n) is 25.5. The van der Waals surface area contributed by atoms with Crippen LogP contribution in [0.3, 0.4) is 0 Å². The van der Waals surface area contributed by atoms with Crippen molar-refractivity contribution in [1.82, 2.24) is 9.97 Å². The van der Waals surface area contributed by atoms with Crippen LogP contribution in [0, 0.1) is 33.8 Å². The van der Waals surface area contributed by atoms with Gasteiger partial charge in [-0.25, -0.2) is 9.97 Å². The minimum Gasteiger partial charge on any atom is -0.482 e. The summed E-state index contributed by atoms with van der Waals surface area (Å²) in [7, 11) is 0. The van der Waals surface area contributed by atoms with Crippen molar-refractivity contribution in [3.8, 4) is 46.3 Å². The van der Waals surface area contributed by atoms with Gasteiger partial charge in [-0.2, -0.15) is 52.7 Å². The van der Waals surface area contributed by atoms with Gasteiger partial charge >= 0.3 is 24.7 Å². The van der Waals surface area contributed by atoms with Gasteiger partial charge in [0.05, 0.1) is 38.3 Å². The molecule has 0 unspecified atom stereocenters. The van der Waals surface area contributed by atoms with Crippen molar-refractivity contribution < 1.29 is 86.3 Å². The van der Waals surface area contributed by atoms with E-state index in [4.69, 9.17) is 9.47 Å². The Bertz CT molecular complexity index is 4220. The van der Waals surface area contributed by atoms with Crippen molar-refractivity contribution in [2.75, 3.05) is 34.5 Å². The van der Waals surface area contributed by atoms with E-state index in [-0.39, 0.29) is 79.2 Å². The number of carbonyl (C=O) groups is 4. The van der Waals surface area contributed by atoms with E-state index in [2.05, 4.69) is 54.9 Å². The maximum atomic E-state index is 14.2. The van der Waals surface area contributed by atoms with Crippen LogP contribution < -0.4 is 30.7 Å². The Labute approximate surface area is 491 Å². The number of nitrogens with one attached hydrogen (secondary N) is 4. The van der Waals surface area contributed by atoms with Crippen molar-refractivity contribution in [1.29, 1.82) is 0 Å². The number of anilines is 4. The van der Waals surface area contributed by atoms with Crippen molar-refractivity contribution in [2.45, 2.75) is 24.7 Å². The lowest BCUT2D eigenvalue weighted by Crippen LogP contribution is -2.22. The Morgan fingerprint density at radius 2 is 0.775 bits per heavy atom. The molecule has 6 bridgehead atoms. The van der Waals surface area contributed by atoms with Crippen molar-refractivity contribution in [3.05, 3.63) is 217 Å². The van der Waals surface area contributed by atoms with Gasteiger partial charge in [0, 0.05) is 45.5 Å². The van der Waals surface area contributed by atoms with E-state index in [1.54, 1.807) is 0 Å². The van der Waals surface area contributed by atoms with Crippen LogP contribution >= 0.6 is 0 Å². The van der Waals surface area contributed by atoms with E-state index < -0.39 is 128 Å². The van der Waals surface area contributed by atoms with Crippen LogP contribution in [-0.2, 0) is 34.3 Å². The summed E-state index contributed by atoms with van der Waals surface area (Å²) >= 11 is 0. The lowest BCUT2D eigenvalue weighted by atomic mass is 9.88. The van der Waals surface area contributed by atoms with Gasteiger partial charge in [0.2, 0.25) is 0 Å². The molecule has 7 aromatic carbocycles. The highest BCUT2D eigenvalue weighted by Gasteiger charge is 2.39. The highest BCUT2D eigenvalue weighted by atomic mass is 19.4. The molecule has 27 heteroatoms. The fraction of sp³-hybridized carbons (Fsp3) is 0.0968. The summed E-state index contributed by atoms with van der Waals surface area (Å²) in [5.74, 6) is 3.75. The average molecular weight is 1230 g/mol. The van der Waals surface area contributed by atoms with E-state index in [1.807, 2.05) is 0 Å². The molecule has 448 valence electrons. The van der Waals surface area contributed by atoms with Gasteiger partial charge in [-0.05, 0) is 100 Å². The molecule has 0 saturated carbocycles. The minimum absolute atomic E-state index is 0.118. The largest absolute Gasteiger partial charge is 0.482 e. The van der Waals surface area contributed by atoms with E-state index in [0.29, 0.717) is 24.3 Å². The smallest absolute Gasteiger partial charge is 0.416 e. The Balaban J connectivity index is 1.23. The molecule has 1 aliphatic heterocycles. The molecule has 3 heterocycles. The molecule has 2 aromatic heterocycles. The number of non-ortho nitro benzene ring substituents is 1. The minimum atomic E-state index is -5.31. The Hall–Kier alpha value is -11.5. The van der Waals surface area contributed by atoms with E-state index in [0.717, 1.165) is 18.2 Å². The number of nitrogens with zero attached hydrogens (tertiary/aromatic N) is 3. The van der Waals surface area contributed by atoms with E-state index >= 15 is 0 Å². The molecule has 0 fully saturated rings. The molecule has 4 amide bonds. The Morgan fingerprint density at radius 1 is 0.427 bits per heavy atom. The maximum Gasteiger partial charge on any atom is 0.416 e. The molecular formula is C62H33F12N7O8. The standard InChI is InChI=1S/C62H33F12N7O8/c63-59(64,65)40-19-32(20-41(28-40)60(66,67)68)15-17-36-23-34-7-1-3-9-45(34)53-54-46-10-4-2-8-35(46)24-37(18-16-33-21-42(61(69,70)71)29-43(22-33)62(72,73)74)56(54)89-31-52(83)78-48-12-6-14-50(76-48)80-58(85)39-25-38(26-44(27-39)81(86)87)57(84)79-49-13-5-11-47(75-49)77-51(82)30-88-55(36)53/h1-14,19-29H,30-31H2,(H2,75,77,79,82,84)(H2,76,78,80,83,85). The third kappa shape index (κ3) is 14.0. The van der Waals surface area contributed by atoms with Gasteiger partial charge in [0.1, 0.15) is 34.8 Å². The second-order valence-electron chi connectivity index (χ2n) is 19.2. The molecular weight excluding hydrogens is 1200 g/mol. The molecule has 0 atom stereocenters. The third-order valence-electron chi connectivity index (χ3n) is 13.0. The molecule has 10 rings (SSSR count). The van der Waals surface area contributed by atoms with Crippen LogP contribution in [0.1, 0.15) is 65.2 Å². The van der Waals surface area contributed by atoms with Gasteiger partial charge in [0.15, 0.2) is 13.2 Å². The van der Waals surface area contributed by atoms with E-state index in [9.17, 15) is 82.0 Å². The predicted octanol–water partition coefficient (Wildman–Crippen LogP) is 14.1. The monoisotopic (exact) mass is 1230 g/mol. The van der Waals surface area contributed by atoms with Gasteiger partial charge in [-0.1, -0.05) is 84.3 Å². The number of pyridine rings is 2. The second kappa shape index (κ2) is 23.8. The number of benzene rings is 7. The number of fused-ring (bicyclic) bond motifs is 13. The number of aromatic nitrogens is 2. The number of hydrogen-bond donors (Lipinski definition) is 4. The summed E-state index contributed by atoms with van der Waals surface area (Å²) < 4.78 is 183. The first-order chi connectivity index (χ1) is 42.0. The van der Waals surface area contributed by atoms with Crippen LogP contribution in [0.4, 0.5) is 81.6 Å². The lowest BCUT2D eigenvalue weighted by molar-refractivity contribution is -0.384. The van der Waals surface area contributed by atoms with Crippen molar-refractivity contribution in [3.63, 3.8) is 0 Å². The highest BCUT2D eigenvalue weighted by molar-refractivity contribution is 6.12. The number of alkyl halides is 12. The van der Waals surface area contributed by atoms with Gasteiger partial charge in [0.25, 0.3) is 29.3 Å². The molecule has 0 spiro atoms. The predicted molar refractivity (Wildman–Crippen MR) is 297 cm³/mol. The van der Waals surface area contributed by atoms with Crippen LogP contribution in [0.5, 0.6) is 11.5 Å². The molecule has 1 aliphatic rings. The zero-order chi connectivity index (χ0) is 63.7. The Morgan fingerprint density at radius 3 is 1.12 bits per heavy atom. The summed E-state index contributed by atoms with van der Waals surface area (Å²) in [6.45, 7) is -2.12. The van der Waals surface area contributed by atoms with Gasteiger partial charge in [-0.15, -0.1) is 0 Å². The molecule has 89 heavy (non-hydrogen) atoms. The zero-order valence-corrected chi connectivity index (χ0v) is 44.5. The van der Waals surface area contributed by atoms with Crippen LogP contribution in [0.25, 0.3) is 32.7 Å². The summed E-state index contributed by atoms with van der Waals surface area (Å²) in [5, 5.41) is 22.5. The zero-order valence-electron chi connectivity index (χ0n) is 44.5. The first-order valence-corrected chi connectivity index (χ1v) is 25.5. The first kappa shape index (κ1) is 60.6. The fourth-order valence-electron chi connectivity index (χ4n) is 9.11. The van der Waals surface area contributed by atoms with Crippen molar-refractivity contribution >= 4 is 74.1 Å². The molecule has 4 N–H and O–H groups in total. The highest BCUT2D eigenvalue weighted by Crippen LogP contribution is 2.49. The van der Waals surface area contributed by atoms with Crippen LogP contribution in [-0.4, -0.2) is 51.7 Å². The summed E-state index contributed by atoms with van der Waals surface area (Å²) in [6, 6.07) is 26.2. The summed E-state index contributed by atoms with van der Waals surface area (Å²) in [6.07, 6.45) is -21.2. The quantitative estimate of drug-likeness (QED) is 0.0530. The number of ether oxygens (including phenoxy) is 2. The normalized spacial score (nSPS) is 13.4. The molecule has 9 aromatic rings. The molecule has 15 nitrogen and oxygen atoms in total. The number of nitro groups is 1. The SMILES string of the molecule is O=C1COc2c(C#Cc3cc(C(F)(F)F)cc(C(F)(F)F)c3)cc3ccccc3c2-c2c(c(C#Cc3cc(C(F)(F)F)cc(C(F)(F)F)c3)cc3ccccc23)OCC(=O)Nc2cccc(n2)NC(=O)c2cc(cc([N+](=O)[O-])c2)C(=O)Nc2cccc(n2)N1. The molecule has 0 aliphatic carbocycles. The van der Waals surface area contributed by atoms with E-state index in [1.165, 1.54) is 97.1 Å².